The SMILES string of the molecule is CCP.O=C(O)C=CC(=O)O. The van der Waals surface area contributed by atoms with Gasteiger partial charge in [0.05, 0.1) is 0 Å². The van der Waals surface area contributed by atoms with Crippen molar-refractivity contribution < 1.29 is 19.8 Å². The van der Waals surface area contributed by atoms with Crippen LogP contribution in [0.25, 0.3) is 0 Å². The maximum atomic E-state index is 9.55. The molecule has 11 heavy (non-hydrogen) atoms. The van der Waals surface area contributed by atoms with Crippen LogP contribution in [-0.2, 0) is 9.59 Å². The van der Waals surface area contributed by atoms with Gasteiger partial charge in [0.2, 0.25) is 0 Å². The van der Waals surface area contributed by atoms with Gasteiger partial charge in [0.1, 0.15) is 0 Å². The van der Waals surface area contributed by atoms with Crippen LogP contribution in [0.4, 0.5) is 0 Å². The van der Waals surface area contributed by atoms with Crippen LogP contribution in [-0.4, -0.2) is 28.3 Å². The maximum absolute atomic E-state index is 9.55. The van der Waals surface area contributed by atoms with E-state index in [9.17, 15) is 9.59 Å². The van der Waals surface area contributed by atoms with E-state index >= 15 is 0 Å². The molecule has 1 atom stereocenters. The highest BCUT2D eigenvalue weighted by Crippen LogP contribution is 1.70. The van der Waals surface area contributed by atoms with Crippen molar-refractivity contribution in [1.82, 2.24) is 0 Å². The Morgan fingerprint density at radius 1 is 1.27 bits per heavy atom. The number of hydrogen-bond donors (Lipinski definition) is 2. The molecule has 0 aromatic rings. The smallest absolute Gasteiger partial charge is 0.328 e. The summed E-state index contributed by atoms with van der Waals surface area (Å²) in [5, 5.41) is 15.6. The molecule has 2 N–H and O–H groups in total. The summed E-state index contributed by atoms with van der Waals surface area (Å²) in [6, 6.07) is 0. The Morgan fingerprint density at radius 3 is 1.55 bits per heavy atom. The Morgan fingerprint density at radius 2 is 1.45 bits per heavy atom. The molecule has 0 saturated heterocycles. The lowest BCUT2D eigenvalue weighted by atomic mass is 10.5. The fraction of sp³-hybridized carbons (Fsp3) is 0.333. The second-order valence-corrected chi connectivity index (χ2v) is 2.23. The Balaban J connectivity index is 0. The molecule has 64 valence electrons. The number of hydrogen-bond acceptors (Lipinski definition) is 2. The van der Waals surface area contributed by atoms with Crippen molar-refractivity contribution in [3.63, 3.8) is 0 Å². The molecule has 4 nitrogen and oxygen atoms in total. The Bertz CT molecular complexity index is 137. The second-order valence-electron chi connectivity index (χ2n) is 1.42. The van der Waals surface area contributed by atoms with Gasteiger partial charge in [0.25, 0.3) is 0 Å². The van der Waals surface area contributed by atoms with E-state index in [1.54, 1.807) is 0 Å². The molecular weight excluding hydrogens is 167 g/mol. The molecule has 0 amide bonds. The van der Waals surface area contributed by atoms with Gasteiger partial charge < -0.3 is 10.2 Å². The van der Waals surface area contributed by atoms with Crippen LogP contribution in [0.2, 0.25) is 0 Å². The summed E-state index contributed by atoms with van der Waals surface area (Å²) >= 11 is 0. The Labute approximate surface area is 67.1 Å². The van der Waals surface area contributed by atoms with Crippen molar-refractivity contribution in [2.45, 2.75) is 6.92 Å². The minimum Gasteiger partial charge on any atom is -0.478 e. The number of carboxylic acid groups (broad SMARTS) is 2. The van der Waals surface area contributed by atoms with E-state index in [2.05, 4.69) is 16.2 Å². The van der Waals surface area contributed by atoms with Crippen LogP contribution in [0.1, 0.15) is 6.92 Å². The molecule has 0 aliphatic carbocycles. The molecule has 0 aliphatic heterocycles. The van der Waals surface area contributed by atoms with Crippen LogP contribution in [0.3, 0.4) is 0 Å². The van der Waals surface area contributed by atoms with E-state index in [4.69, 9.17) is 10.2 Å². The Hall–Kier alpha value is -0.890. The predicted octanol–water partition coefficient (Wildman–Crippen LogP) is 0.593. The van der Waals surface area contributed by atoms with Gasteiger partial charge in [-0.2, -0.15) is 0 Å². The van der Waals surface area contributed by atoms with Crippen molar-refractivity contribution >= 4 is 21.2 Å². The summed E-state index contributed by atoms with van der Waals surface area (Å²) in [5.41, 5.74) is 0. The summed E-state index contributed by atoms with van der Waals surface area (Å²) < 4.78 is 0. The van der Waals surface area contributed by atoms with Crippen molar-refractivity contribution in [1.29, 1.82) is 0 Å². The first kappa shape index (κ1) is 12.8. The molecule has 0 heterocycles. The lowest BCUT2D eigenvalue weighted by Gasteiger charge is -1.74. The normalized spacial score (nSPS) is 8.55. The molecule has 0 bridgehead atoms. The van der Waals surface area contributed by atoms with E-state index in [1.807, 2.05) is 0 Å². The van der Waals surface area contributed by atoms with Crippen LogP contribution >= 0.6 is 9.24 Å². The van der Waals surface area contributed by atoms with Crippen LogP contribution < -0.4 is 0 Å². The van der Waals surface area contributed by atoms with E-state index in [0.717, 1.165) is 0 Å². The van der Waals surface area contributed by atoms with Crippen molar-refractivity contribution in [2.24, 2.45) is 0 Å². The van der Waals surface area contributed by atoms with Crippen LogP contribution in [0.5, 0.6) is 0 Å². The van der Waals surface area contributed by atoms with Crippen molar-refractivity contribution in [3.8, 4) is 0 Å². The molecule has 0 aromatic heterocycles. The molecule has 0 fully saturated rings. The van der Waals surface area contributed by atoms with Gasteiger partial charge in [-0.05, 0) is 6.16 Å². The summed E-state index contributed by atoms with van der Waals surface area (Å²) in [7, 11) is 2.58. The third kappa shape index (κ3) is 27.3. The van der Waals surface area contributed by atoms with Crippen molar-refractivity contribution in [2.75, 3.05) is 6.16 Å². The summed E-state index contributed by atoms with van der Waals surface area (Å²) in [6.45, 7) is 2.09. The van der Waals surface area contributed by atoms with Gasteiger partial charge >= 0.3 is 11.9 Å². The number of carbonyl (C=O) groups is 2. The molecule has 0 saturated carbocycles. The van der Waals surface area contributed by atoms with Gasteiger partial charge in [-0.25, -0.2) is 9.59 Å². The zero-order valence-corrected chi connectivity index (χ0v) is 7.30. The van der Waals surface area contributed by atoms with Crippen LogP contribution in [0, 0.1) is 0 Å². The molecule has 0 rings (SSSR count). The van der Waals surface area contributed by atoms with Crippen molar-refractivity contribution in [3.05, 3.63) is 12.2 Å². The van der Waals surface area contributed by atoms with Gasteiger partial charge in [0, 0.05) is 12.2 Å². The third-order valence-corrected chi connectivity index (χ3v) is 0.368. The lowest BCUT2D eigenvalue weighted by molar-refractivity contribution is -0.134. The first-order chi connectivity index (χ1) is 5.04. The first-order valence-electron chi connectivity index (χ1n) is 2.88. The minimum absolute atomic E-state index is 0.558. The van der Waals surface area contributed by atoms with E-state index in [1.165, 1.54) is 6.16 Å². The molecular formula is C6H11O4P. The highest BCUT2D eigenvalue weighted by atomic mass is 31.0. The average molecular weight is 178 g/mol. The summed E-state index contributed by atoms with van der Waals surface area (Å²) in [5.74, 6) is -2.51. The number of aliphatic carboxylic acids is 2. The molecule has 0 radical (unpaired) electrons. The van der Waals surface area contributed by atoms with Gasteiger partial charge in [0.15, 0.2) is 0 Å². The van der Waals surface area contributed by atoms with Gasteiger partial charge in [-0.1, -0.05) is 6.92 Å². The lowest BCUT2D eigenvalue weighted by Crippen LogP contribution is -1.91. The molecule has 1 unspecified atom stereocenters. The van der Waals surface area contributed by atoms with E-state index < -0.39 is 11.9 Å². The highest BCUT2D eigenvalue weighted by Gasteiger charge is 1.88. The molecule has 5 heteroatoms. The predicted molar refractivity (Wildman–Crippen MR) is 44.7 cm³/mol. The molecule has 0 aliphatic rings. The molecule has 0 spiro atoms. The number of rotatable bonds is 2. The Kier molecular flexibility index (Phi) is 10.6. The monoisotopic (exact) mass is 178 g/mol. The standard InChI is InChI=1S/C4H4O4.C2H7P/c5-3(6)1-2-4(7)8;1-2-3/h1-2H,(H,5,6)(H,7,8);2-3H2,1H3. The largest absolute Gasteiger partial charge is 0.478 e. The number of carboxylic acids is 2. The van der Waals surface area contributed by atoms with Gasteiger partial charge in [-0.3, -0.25) is 0 Å². The quantitative estimate of drug-likeness (QED) is 0.479. The fourth-order valence-electron chi connectivity index (χ4n) is 0.143. The zero-order chi connectivity index (χ0) is 9.28. The maximum Gasteiger partial charge on any atom is 0.328 e. The first-order valence-corrected chi connectivity index (χ1v) is 3.70. The van der Waals surface area contributed by atoms with E-state index in [-0.39, 0.29) is 0 Å². The second kappa shape index (κ2) is 9.11. The molecule has 0 aromatic carbocycles. The minimum atomic E-state index is -1.26. The zero-order valence-electron chi connectivity index (χ0n) is 6.15. The fourth-order valence-corrected chi connectivity index (χ4v) is 0.143. The average Bonchev–Trinajstić information content (AvgIpc) is 1.85. The van der Waals surface area contributed by atoms with E-state index in [0.29, 0.717) is 12.2 Å². The van der Waals surface area contributed by atoms with Crippen LogP contribution in [0.15, 0.2) is 12.2 Å². The highest BCUT2D eigenvalue weighted by molar-refractivity contribution is 7.16. The third-order valence-electron chi connectivity index (χ3n) is 0.368. The summed E-state index contributed by atoms with van der Waals surface area (Å²) in [6.07, 6.45) is 2.28. The summed E-state index contributed by atoms with van der Waals surface area (Å²) in [4.78, 5) is 19.1. The van der Waals surface area contributed by atoms with Gasteiger partial charge in [-0.15, -0.1) is 9.24 Å². The topological polar surface area (TPSA) is 74.6 Å².